The summed E-state index contributed by atoms with van der Waals surface area (Å²) < 4.78 is 15.9. The van der Waals surface area contributed by atoms with Gasteiger partial charge in [-0.1, -0.05) is 129 Å². The largest absolute Gasteiger partial charge is 1.00 e. The van der Waals surface area contributed by atoms with Gasteiger partial charge in [0.2, 0.25) is 0 Å². The maximum Gasteiger partial charge on any atom is 1.00 e. The Hall–Kier alpha value is 1.11. The van der Waals surface area contributed by atoms with Crippen LogP contribution in [0, 0.1) is 5.92 Å². The van der Waals surface area contributed by atoms with Crippen molar-refractivity contribution in [1.29, 1.82) is 0 Å². The summed E-state index contributed by atoms with van der Waals surface area (Å²) in [5, 5.41) is 0. The van der Waals surface area contributed by atoms with Crippen molar-refractivity contribution < 1.29 is 49.9 Å². The molecule has 0 rings (SSSR count). The summed E-state index contributed by atoms with van der Waals surface area (Å²) in [4.78, 5) is 18.0. The van der Waals surface area contributed by atoms with Gasteiger partial charge in [0, 0.05) is 0 Å². The molecule has 0 spiro atoms. The molecule has 2 N–H and O–H groups in total. The molecule has 1 unspecified atom stereocenters. The second kappa shape index (κ2) is 24.7. The Morgan fingerprint density at radius 3 is 1.23 bits per heavy atom. The molecule has 0 aliphatic rings. The molecule has 0 heterocycles. The molecule has 0 aromatic heterocycles. The molecule has 0 aliphatic carbocycles. The number of phosphoric ester groups is 1. The summed E-state index contributed by atoms with van der Waals surface area (Å²) in [7, 11) is -4.35. The third-order valence-corrected chi connectivity index (χ3v) is 6.40. The molecule has 0 aromatic carbocycles. The van der Waals surface area contributed by atoms with Gasteiger partial charge in [0.05, 0.1) is 6.61 Å². The van der Waals surface area contributed by atoms with Crippen LogP contribution in [0.4, 0.5) is 0 Å². The smallest absolute Gasteiger partial charge is 1.00 e. The summed E-state index contributed by atoms with van der Waals surface area (Å²) in [5.74, 6) is 0.289. The Balaban J connectivity index is -0.00000392. The quantitative estimate of drug-likeness (QED) is 0.118. The van der Waals surface area contributed by atoms with Gasteiger partial charge in [-0.15, -0.1) is 0 Å². The minimum absolute atomic E-state index is 0. The molecule has 0 saturated heterocycles. The van der Waals surface area contributed by atoms with E-state index in [9.17, 15) is 4.57 Å². The molecule has 0 saturated carbocycles. The first-order chi connectivity index (χ1) is 14.0. The number of unbranched alkanes of at least 4 members (excludes halogenated alkanes) is 16. The minimum Gasteiger partial charge on any atom is -1.00 e. The third-order valence-electron chi connectivity index (χ3n) is 5.91. The van der Waals surface area contributed by atoms with Crippen LogP contribution in [0.3, 0.4) is 0 Å². The molecule has 4 nitrogen and oxygen atoms in total. The molecule has 0 aliphatic heterocycles. The van der Waals surface area contributed by atoms with Crippen molar-refractivity contribution in [3.05, 3.63) is 0 Å². The summed E-state index contributed by atoms with van der Waals surface area (Å²) in [6.45, 7) is 4.71. The van der Waals surface area contributed by atoms with Crippen LogP contribution in [0.25, 0.3) is 0 Å². The van der Waals surface area contributed by atoms with E-state index in [1.165, 1.54) is 103 Å². The molecule has 0 radical (unpaired) electrons. The van der Waals surface area contributed by atoms with E-state index in [1.54, 1.807) is 0 Å². The number of hydrogen-bond acceptors (Lipinski definition) is 2. The Morgan fingerprint density at radius 2 is 0.933 bits per heavy atom. The zero-order valence-electron chi connectivity index (χ0n) is 21.6. The van der Waals surface area contributed by atoms with Crippen molar-refractivity contribution in [1.82, 2.24) is 0 Å². The summed E-state index contributed by atoms with van der Waals surface area (Å²) in [5.41, 5.74) is 0. The average molecular weight is 459 g/mol. The van der Waals surface area contributed by atoms with E-state index in [4.69, 9.17) is 14.3 Å². The first-order valence-electron chi connectivity index (χ1n) is 12.7. The van der Waals surface area contributed by atoms with Gasteiger partial charge >= 0.3 is 37.4 Å². The van der Waals surface area contributed by atoms with E-state index in [1.807, 2.05) is 0 Å². The van der Waals surface area contributed by atoms with Crippen LogP contribution in [0.2, 0.25) is 0 Å². The molecule has 0 amide bonds. The monoisotopic (exact) mass is 458 g/mol. The Bertz CT molecular complexity index is 383. The maximum absolute atomic E-state index is 11.1. The molecular formula is C24H52NaO4P. The fourth-order valence-corrected chi connectivity index (χ4v) is 4.41. The van der Waals surface area contributed by atoms with Crippen LogP contribution in [-0.2, 0) is 9.09 Å². The summed E-state index contributed by atoms with van der Waals surface area (Å²) >= 11 is 0. The predicted molar refractivity (Wildman–Crippen MR) is 126 cm³/mol. The second-order valence-electron chi connectivity index (χ2n) is 8.89. The number of phosphoric acid groups is 1. The fraction of sp³-hybridized carbons (Fsp3) is 1.00. The molecule has 1 atom stereocenters. The Kier molecular flexibility index (Phi) is 27.5. The van der Waals surface area contributed by atoms with Crippen LogP contribution >= 0.6 is 7.82 Å². The van der Waals surface area contributed by atoms with Gasteiger partial charge < -0.3 is 11.2 Å². The van der Waals surface area contributed by atoms with Gasteiger partial charge in [0.25, 0.3) is 0 Å². The minimum atomic E-state index is -4.35. The normalized spacial score (nSPS) is 12.7. The summed E-state index contributed by atoms with van der Waals surface area (Å²) in [6.07, 6.45) is 25.6. The zero-order valence-corrected chi connectivity index (χ0v) is 23.5. The third kappa shape index (κ3) is 27.1. The predicted octanol–water partition coefficient (Wildman–Crippen LogP) is 5.67. The van der Waals surface area contributed by atoms with Crippen molar-refractivity contribution in [2.75, 3.05) is 6.61 Å². The zero-order chi connectivity index (χ0) is 21.6. The van der Waals surface area contributed by atoms with Gasteiger partial charge in [-0.3, -0.25) is 4.52 Å². The van der Waals surface area contributed by atoms with Crippen molar-refractivity contribution in [2.45, 2.75) is 142 Å². The maximum atomic E-state index is 11.1. The average Bonchev–Trinajstić information content (AvgIpc) is 2.68. The number of rotatable bonds is 23. The fourth-order valence-electron chi connectivity index (χ4n) is 4.00. The SMILES string of the molecule is CCCCCCCCCCCCC(CCCCCCCCCC)COP(=O)(O)O.[H-].[Na+]. The molecule has 178 valence electrons. The number of hydrogen-bond donors (Lipinski definition) is 2. The van der Waals surface area contributed by atoms with E-state index in [0.29, 0.717) is 0 Å². The molecule has 0 bridgehead atoms. The van der Waals surface area contributed by atoms with E-state index in [-0.39, 0.29) is 43.5 Å². The van der Waals surface area contributed by atoms with Crippen LogP contribution < -0.4 is 29.6 Å². The van der Waals surface area contributed by atoms with Gasteiger partial charge in [-0.05, 0) is 18.8 Å². The van der Waals surface area contributed by atoms with Crippen LogP contribution in [0.15, 0.2) is 0 Å². The van der Waals surface area contributed by atoms with Gasteiger partial charge in [0.15, 0.2) is 0 Å². The Labute approximate surface area is 211 Å². The molecule has 0 fully saturated rings. The first kappa shape index (κ1) is 33.3. The first-order valence-corrected chi connectivity index (χ1v) is 14.2. The Morgan fingerprint density at radius 1 is 0.633 bits per heavy atom. The molecular weight excluding hydrogens is 406 g/mol. The molecule has 0 aromatic rings. The van der Waals surface area contributed by atoms with Gasteiger partial charge in [-0.25, -0.2) is 4.57 Å². The van der Waals surface area contributed by atoms with E-state index in [0.717, 1.165) is 25.7 Å². The topological polar surface area (TPSA) is 66.8 Å². The van der Waals surface area contributed by atoms with Crippen molar-refractivity contribution >= 4 is 7.82 Å². The van der Waals surface area contributed by atoms with Crippen molar-refractivity contribution in [3.63, 3.8) is 0 Å². The van der Waals surface area contributed by atoms with Crippen LogP contribution in [-0.4, -0.2) is 16.4 Å². The van der Waals surface area contributed by atoms with Crippen LogP contribution in [0.5, 0.6) is 0 Å². The van der Waals surface area contributed by atoms with E-state index >= 15 is 0 Å². The molecule has 6 heteroatoms. The van der Waals surface area contributed by atoms with Gasteiger partial charge in [-0.2, -0.15) is 0 Å². The van der Waals surface area contributed by atoms with Crippen LogP contribution in [0.1, 0.15) is 144 Å². The molecule has 30 heavy (non-hydrogen) atoms. The standard InChI is InChI=1S/C24H51O4P.Na.H/c1-3-5-7-9-11-13-14-16-18-20-22-24(23-28-29(25,26)27)21-19-17-15-12-10-8-6-4-2;;/h24H,3-23H2,1-2H3,(H2,25,26,27);;/q;+1;-1. The van der Waals surface area contributed by atoms with E-state index < -0.39 is 7.82 Å². The van der Waals surface area contributed by atoms with Crippen molar-refractivity contribution in [3.8, 4) is 0 Å². The van der Waals surface area contributed by atoms with Gasteiger partial charge in [0.1, 0.15) is 0 Å². The summed E-state index contributed by atoms with van der Waals surface area (Å²) in [6, 6.07) is 0. The van der Waals surface area contributed by atoms with E-state index in [2.05, 4.69) is 13.8 Å². The van der Waals surface area contributed by atoms with Crippen molar-refractivity contribution in [2.24, 2.45) is 5.92 Å². The second-order valence-corrected chi connectivity index (χ2v) is 10.1.